The monoisotopic (exact) mass is 483 g/mol. The van der Waals surface area contributed by atoms with Gasteiger partial charge in [-0.2, -0.15) is 4.98 Å². The Bertz CT molecular complexity index is 1020. The molecule has 0 atom stereocenters. The summed E-state index contributed by atoms with van der Waals surface area (Å²) in [5.74, 6) is 1.80. The average Bonchev–Trinajstić information content (AvgIpc) is 2.80. The first-order chi connectivity index (χ1) is 16.4. The smallest absolute Gasteiger partial charge is 0.409 e. The van der Waals surface area contributed by atoms with Gasteiger partial charge in [0, 0.05) is 43.1 Å². The van der Waals surface area contributed by atoms with Gasteiger partial charge in [-0.1, -0.05) is 0 Å². The molecule has 9 nitrogen and oxygen atoms in total. The van der Waals surface area contributed by atoms with E-state index in [-0.39, 0.29) is 0 Å². The first kappa shape index (κ1) is 24.0. The van der Waals surface area contributed by atoms with Gasteiger partial charge in [0.25, 0.3) is 0 Å². The highest BCUT2D eigenvalue weighted by Crippen LogP contribution is 2.29. The van der Waals surface area contributed by atoms with Crippen LogP contribution in [-0.2, 0) is 12.8 Å². The van der Waals surface area contributed by atoms with E-state index in [4.69, 9.17) is 27.3 Å². The molecule has 2 aromatic rings. The van der Waals surface area contributed by atoms with Crippen LogP contribution in [0.25, 0.3) is 0 Å². The molecule has 0 saturated heterocycles. The molecule has 10 heteroatoms. The van der Waals surface area contributed by atoms with Gasteiger partial charge < -0.3 is 26.0 Å². The second kappa shape index (κ2) is 10.9. The second-order valence-corrected chi connectivity index (χ2v) is 9.60. The van der Waals surface area contributed by atoms with Gasteiger partial charge in [-0.25, -0.2) is 9.78 Å². The Hall–Kier alpha value is -3.14. The lowest BCUT2D eigenvalue weighted by Gasteiger charge is -2.31. The van der Waals surface area contributed by atoms with Crippen LogP contribution in [-0.4, -0.2) is 52.5 Å². The zero-order chi connectivity index (χ0) is 24.1. The summed E-state index contributed by atoms with van der Waals surface area (Å²) in [5.41, 5.74) is 3.84. The number of hydrogen-bond acceptors (Lipinski definition) is 6. The number of carbonyl (C=O) groups is 1. The SMILES string of the molecule is CN(C)c1nc(NC2CCC(NC(=S)Nc3ccc(NC(=O)O)cc3)CC2)nc2c1CCCC2. The second-order valence-electron chi connectivity index (χ2n) is 9.20. The van der Waals surface area contributed by atoms with Crippen molar-refractivity contribution in [2.75, 3.05) is 34.9 Å². The molecule has 1 saturated carbocycles. The minimum absolute atomic E-state index is 0.313. The van der Waals surface area contributed by atoms with Crippen LogP contribution in [0.5, 0.6) is 0 Å². The Labute approximate surface area is 205 Å². The van der Waals surface area contributed by atoms with Crippen LogP contribution in [0.1, 0.15) is 49.8 Å². The molecule has 2 aliphatic rings. The minimum Gasteiger partial charge on any atom is -0.465 e. The van der Waals surface area contributed by atoms with Gasteiger partial charge in [-0.3, -0.25) is 5.32 Å². The van der Waals surface area contributed by atoms with Gasteiger partial charge >= 0.3 is 6.09 Å². The fourth-order valence-corrected chi connectivity index (χ4v) is 4.97. The van der Waals surface area contributed by atoms with Gasteiger partial charge in [-0.15, -0.1) is 0 Å². The summed E-state index contributed by atoms with van der Waals surface area (Å²) in [5, 5.41) is 21.8. The predicted octanol–water partition coefficient (Wildman–Crippen LogP) is 4.22. The van der Waals surface area contributed by atoms with Crippen molar-refractivity contribution in [3.05, 3.63) is 35.5 Å². The number of fused-ring (bicyclic) bond motifs is 1. The number of rotatable bonds is 6. The number of hydrogen-bond donors (Lipinski definition) is 5. The van der Waals surface area contributed by atoms with Crippen LogP contribution in [0.15, 0.2) is 24.3 Å². The molecule has 1 aromatic carbocycles. The molecule has 0 spiro atoms. The summed E-state index contributed by atoms with van der Waals surface area (Å²) < 4.78 is 0. The molecule has 0 unspecified atom stereocenters. The number of nitrogens with zero attached hydrogens (tertiary/aromatic N) is 3. The zero-order valence-electron chi connectivity index (χ0n) is 19.7. The Morgan fingerprint density at radius 1 is 0.971 bits per heavy atom. The number of aromatic nitrogens is 2. The molecule has 4 rings (SSSR count). The molecule has 1 heterocycles. The Morgan fingerprint density at radius 3 is 2.24 bits per heavy atom. The Kier molecular flexibility index (Phi) is 7.66. The van der Waals surface area contributed by atoms with Gasteiger partial charge in [0.2, 0.25) is 5.95 Å². The molecule has 182 valence electrons. The predicted molar refractivity (Wildman–Crippen MR) is 140 cm³/mol. The van der Waals surface area contributed by atoms with Gasteiger partial charge in [0.15, 0.2) is 5.11 Å². The van der Waals surface area contributed by atoms with E-state index in [0.717, 1.165) is 56.0 Å². The molecule has 1 amide bonds. The average molecular weight is 484 g/mol. The van der Waals surface area contributed by atoms with Crippen molar-refractivity contribution in [1.82, 2.24) is 15.3 Å². The summed E-state index contributed by atoms with van der Waals surface area (Å²) in [4.78, 5) is 22.5. The van der Waals surface area contributed by atoms with E-state index in [9.17, 15) is 4.79 Å². The third-order valence-corrected chi connectivity index (χ3v) is 6.59. The quantitative estimate of drug-likeness (QED) is 0.385. The summed E-state index contributed by atoms with van der Waals surface area (Å²) in [6, 6.07) is 7.64. The zero-order valence-corrected chi connectivity index (χ0v) is 20.5. The molecule has 0 aliphatic heterocycles. The molecular weight excluding hydrogens is 450 g/mol. The van der Waals surface area contributed by atoms with Crippen molar-refractivity contribution in [3.8, 4) is 0 Å². The van der Waals surface area contributed by atoms with Crippen LogP contribution in [0.4, 0.5) is 27.9 Å². The molecule has 5 N–H and O–H groups in total. The van der Waals surface area contributed by atoms with Crippen molar-refractivity contribution in [2.45, 2.75) is 63.5 Å². The number of nitrogens with one attached hydrogen (secondary N) is 4. The number of aryl methyl sites for hydroxylation is 1. The first-order valence-electron chi connectivity index (χ1n) is 11.9. The number of benzene rings is 1. The normalized spacial score (nSPS) is 19.5. The van der Waals surface area contributed by atoms with Crippen LogP contribution < -0.4 is 26.2 Å². The Morgan fingerprint density at radius 2 is 1.59 bits per heavy atom. The lowest BCUT2D eigenvalue weighted by atomic mass is 9.91. The third-order valence-electron chi connectivity index (χ3n) is 6.37. The summed E-state index contributed by atoms with van der Waals surface area (Å²) in [7, 11) is 4.10. The van der Waals surface area contributed by atoms with E-state index in [2.05, 4.69) is 40.3 Å². The summed E-state index contributed by atoms with van der Waals surface area (Å²) in [6.45, 7) is 0. The number of thiocarbonyl (C=S) groups is 1. The fourth-order valence-electron chi connectivity index (χ4n) is 4.69. The van der Waals surface area contributed by atoms with Crippen LogP contribution >= 0.6 is 12.2 Å². The van der Waals surface area contributed by atoms with Gasteiger partial charge in [-0.05, 0) is 87.8 Å². The van der Waals surface area contributed by atoms with Crippen molar-refractivity contribution < 1.29 is 9.90 Å². The third kappa shape index (κ3) is 6.25. The molecule has 0 bridgehead atoms. The molecule has 34 heavy (non-hydrogen) atoms. The highest BCUT2D eigenvalue weighted by atomic mass is 32.1. The van der Waals surface area contributed by atoms with Crippen molar-refractivity contribution in [2.24, 2.45) is 0 Å². The molecule has 1 aromatic heterocycles. The topological polar surface area (TPSA) is 114 Å². The van der Waals surface area contributed by atoms with Gasteiger partial charge in [0.1, 0.15) is 5.82 Å². The number of carboxylic acid groups (broad SMARTS) is 1. The maximum absolute atomic E-state index is 10.7. The number of anilines is 4. The minimum atomic E-state index is -1.08. The van der Waals surface area contributed by atoms with Crippen LogP contribution in [0.3, 0.4) is 0 Å². The van der Waals surface area contributed by atoms with Crippen LogP contribution in [0.2, 0.25) is 0 Å². The largest absolute Gasteiger partial charge is 0.465 e. The molecule has 1 fully saturated rings. The van der Waals surface area contributed by atoms with E-state index in [1.54, 1.807) is 24.3 Å². The maximum Gasteiger partial charge on any atom is 0.409 e. The standard InChI is InChI=1S/C24H33N7O2S/c1-31(2)21-19-5-3-4-6-20(19)29-22(30-21)25-15-7-9-16(10-8-15)26-23(34)27-17-11-13-18(14-12-17)28-24(32)33/h11-16,28H,3-10H2,1-2H3,(H,32,33)(H,25,29,30)(H2,26,27,34). The first-order valence-corrected chi connectivity index (χ1v) is 12.3. The molecule has 2 aliphatic carbocycles. The summed E-state index contributed by atoms with van der Waals surface area (Å²) in [6.07, 6.45) is 7.49. The van der Waals surface area contributed by atoms with E-state index < -0.39 is 6.09 Å². The highest BCUT2D eigenvalue weighted by molar-refractivity contribution is 7.80. The lowest BCUT2D eigenvalue weighted by molar-refractivity contribution is 0.209. The van der Waals surface area contributed by atoms with Crippen LogP contribution in [0, 0.1) is 0 Å². The lowest BCUT2D eigenvalue weighted by Crippen LogP contribution is -2.42. The Balaban J connectivity index is 1.26. The van der Waals surface area contributed by atoms with E-state index >= 15 is 0 Å². The van der Waals surface area contributed by atoms with E-state index in [1.807, 2.05) is 0 Å². The summed E-state index contributed by atoms with van der Waals surface area (Å²) >= 11 is 5.48. The van der Waals surface area contributed by atoms with Crippen molar-refractivity contribution in [3.63, 3.8) is 0 Å². The van der Waals surface area contributed by atoms with Crippen molar-refractivity contribution in [1.29, 1.82) is 0 Å². The van der Waals surface area contributed by atoms with Gasteiger partial charge in [0.05, 0.1) is 5.69 Å². The fraction of sp³-hybridized carbons (Fsp3) is 0.500. The van der Waals surface area contributed by atoms with E-state index in [0.29, 0.717) is 22.9 Å². The molecule has 0 radical (unpaired) electrons. The number of amides is 1. The van der Waals surface area contributed by atoms with Crippen molar-refractivity contribution >= 4 is 46.6 Å². The highest BCUT2D eigenvalue weighted by Gasteiger charge is 2.24. The van der Waals surface area contributed by atoms with E-state index in [1.165, 1.54) is 24.1 Å². The molecular formula is C24H33N7O2S. The maximum atomic E-state index is 10.7.